The van der Waals surface area contributed by atoms with Crippen molar-refractivity contribution in [3.8, 4) is 0 Å². The van der Waals surface area contributed by atoms with E-state index in [1.54, 1.807) is 0 Å². The number of benzene rings is 1. The smallest absolute Gasteiger partial charge is 0.0507 e. The molecule has 138 valence electrons. The summed E-state index contributed by atoms with van der Waals surface area (Å²) in [5, 5.41) is 0. The van der Waals surface area contributed by atoms with Crippen LogP contribution in [0.5, 0.6) is 0 Å². The number of allylic oxidation sites excluding steroid dienone is 1. The van der Waals surface area contributed by atoms with Crippen LogP contribution in [-0.4, -0.2) is 0 Å². The van der Waals surface area contributed by atoms with Crippen LogP contribution in [0.2, 0.25) is 0 Å². The first-order chi connectivity index (χ1) is 11.9. The van der Waals surface area contributed by atoms with E-state index in [0.29, 0.717) is 5.92 Å². The zero-order valence-electron chi connectivity index (χ0n) is 17.0. The van der Waals surface area contributed by atoms with Gasteiger partial charge in [-0.25, -0.2) is 0 Å². The summed E-state index contributed by atoms with van der Waals surface area (Å²) in [6.45, 7) is 15.4. The molecule has 0 aliphatic heterocycles. The van der Waals surface area contributed by atoms with Gasteiger partial charge in [0.25, 0.3) is 0 Å². The number of nitrogens with zero attached hydrogens (tertiary/aromatic N) is 1. The third kappa shape index (κ3) is 5.23. The molecule has 1 heteroatoms. The maximum Gasteiger partial charge on any atom is 0.0507 e. The highest BCUT2D eigenvalue weighted by Gasteiger charge is 2.22. The first kappa shape index (κ1) is 19.8. The van der Waals surface area contributed by atoms with Crippen LogP contribution in [0.3, 0.4) is 0 Å². The van der Waals surface area contributed by atoms with Crippen LogP contribution in [0.1, 0.15) is 69.1 Å². The van der Waals surface area contributed by atoms with Gasteiger partial charge in [-0.2, -0.15) is 0 Å². The van der Waals surface area contributed by atoms with Gasteiger partial charge in [-0.1, -0.05) is 82.7 Å². The molecule has 0 aromatic heterocycles. The van der Waals surface area contributed by atoms with Gasteiger partial charge in [-0.05, 0) is 49.7 Å². The molecule has 0 bridgehead atoms. The van der Waals surface area contributed by atoms with Crippen LogP contribution >= 0.6 is 0 Å². The van der Waals surface area contributed by atoms with Crippen molar-refractivity contribution in [2.24, 2.45) is 17.8 Å². The second kappa shape index (κ2) is 9.27. The summed E-state index contributed by atoms with van der Waals surface area (Å²) in [6.07, 6.45) is 15.1. The summed E-state index contributed by atoms with van der Waals surface area (Å²) in [5.41, 5.74) is 5.21. The lowest BCUT2D eigenvalue weighted by atomic mass is 9.80. The van der Waals surface area contributed by atoms with E-state index in [1.165, 1.54) is 60.9 Å². The van der Waals surface area contributed by atoms with Gasteiger partial charge in [-0.3, -0.25) is 0 Å². The van der Waals surface area contributed by atoms with E-state index >= 15 is 0 Å². The van der Waals surface area contributed by atoms with Crippen LogP contribution in [0.4, 0.5) is 5.69 Å². The van der Waals surface area contributed by atoms with Crippen molar-refractivity contribution < 1.29 is 0 Å². The molecule has 0 spiro atoms. The van der Waals surface area contributed by atoms with E-state index < -0.39 is 0 Å². The van der Waals surface area contributed by atoms with Crippen molar-refractivity contribution in [2.45, 2.75) is 73.1 Å². The first-order valence-corrected chi connectivity index (χ1v) is 10.1. The number of hydrogen-bond acceptors (Lipinski definition) is 1. The maximum atomic E-state index is 4.04. The minimum atomic E-state index is 0.594. The standard InChI is InChI=1S/C24H37N/c1-7-25(24-20(4)16-18(2)17-21(24)5)15-14-19(3)22(6)23-12-10-8-9-11-13-23/h7,14-17,19,22-23H,1,8-13H2,2-6H3. The Balaban J connectivity index is 2.11. The number of rotatable bonds is 6. The highest BCUT2D eigenvalue weighted by Crippen LogP contribution is 2.34. The van der Waals surface area contributed by atoms with Gasteiger partial charge in [0.05, 0.1) is 5.69 Å². The van der Waals surface area contributed by atoms with E-state index in [1.807, 2.05) is 6.20 Å². The Labute approximate surface area is 155 Å². The van der Waals surface area contributed by atoms with Gasteiger partial charge >= 0.3 is 0 Å². The van der Waals surface area contributed by atoms with E-state index in [4.69, 9.17) is 0 Å². The largest absolute Gasteiger partial charge is 0.324 e. The Morgan fingerprint density at radius 3 is 2.08 bits per heavy atom. The molecular formula is C24H37N. The molecule has 1 aromatic rings. The lowest BCUT2D eigenvalue weighted by Crippen LogP contribution is -2.18. The molecular weight excluding hydrogens is 302 g/mol. The first-order valence-electron chi connectivity index (χ1n) is 10.1. The van der Waals surface area contributed by atoms with Crippen molar-refractivity contribution in [2.75, 3.05) is 4.90 Å². The maximum absolute atomic E-state index is 4.04. The van der Waals surface area contributed by atoms with E-state index in [2.05, 4.69) is 70.5 Å². The minimum Gasteiger partial charge on any atom is -0.324 e. The molecule has 1 saturated carbocycles. The third-order valence-electron chi connectivity index (χ3n) is 6.11. The molecule has 1 aliphatic carbocycles. The second-order valence-corrected chi connectivity index (χ2v) is 8.15. The van der Waals surface area contributed by atoms with E-state index in [0.717, 1.165) is 11.8 Å². The summed E-state index contributed by atoms with van der Waals surface area (Å²) in [7, 11) is 0. The Morgan fingerprint density at radius 1 is 1.00 bits per heavy atom. The highest BCUT2D eigenvalue weighted by atomic mass is 15.1. The average molecular weight is 340 g/mol. The molecule has 2 rings (SSSR count). The van der Waals surface area contributed by atoms with Crippen LogP contribution in [0, 0.1) is 38.5 Å². The zero-order valence-corrected chi connectivity index (χ0v) is 17.0. The predicted octanol–water partition coefficient (Wildman–Crippen LogP) is 7.32. The topological polar surface area (TPSA) is 3.24 Å². The number of anilines is 1. The average Bonchev–Trinajstić information content (AvgIpc) is 2.85. The van der Waals surface area contributed by atoms with Gasteiger partial charge in [0.2, 0.25) is 0 Å². The summed E-state index contributed by atoms with van der Waals surface area (Å²) >= 11 is 0. The van der Waals surface area contributed by atoms with Crippen molar-refractivity contribution in [3.63, 3.8) is 0 Å². The van der Waals surface area contributed by atoms with Crippen LogP contribution in [0.15, 0.2) is 37.2 Å². The molecule has 1 nitrogen and oxygen atoms in total. The van der Waals surface area contributed by atoms with Gasteiger partial charge in [0.1, 0.15) is 0 Å². The predicted molar refractivity (Wildman–Crippen MR) is 112 cm³/mol. The fourth-order valence-electron chi connectivity index (χ4n) is 4.48. The van der Waals surface area contributed by atoms with Gasteiger partial charge < -0.3 is 4.90 Å². The molecule has 0 heterocycles. The van der Waals surface area contributed by atoms with E-state index in [-0.39, 0.29) is 0 Å². The summed E-state index contributed by atoms with van der Waals surface area (Å²) in [4.78, 5) is 2.19. The lowest BCUT2D eigenvalue weighted by Gasteiger charge is -2.27. The third-order valence-corrected chi connectivity index (χ3v) is 6.11. The van der Waals surface area contributed by atoms with Gasteiger partial charge in [0.15, 0.2) is 0 Å². The lowest BCUT2D eigenvalue weighted by molar-refractivity contribution is 0.269. The van der Waals surface area contributed by atoms with Crippen LogP contribution < -0.4 is 4.90 Å². The Kier molecular flexibility index (Phi) is 7.35. The Bertz CT molecular complexity index is 567. The van der Waals surface area contributed by atoms with Crippen molar-refractivity contribution >= 4 is 5.69 Å². The molecule has 1 fully saturated rings. The SMILES string of the molecule is C=CN(C=CC(C)C(C)C1CCCCCC1)c1c(C)cc(C)cc1C. The molecule has 2 unspecified atom stereocenters. The molecule has 25 heavy (non-hydrogen) atoms. The van der Waals surface area contributed by atoms with Crippen molar-refractivity contribution in [3.05, 3.63) is 53.9 Å². The summed E-state index contributed by atoms with van der Waals surface area (Å²) in [5.74, 6) is 2.24. The summed E-state index contributed by atoms with van der Waals surface area (Å²) in [6, 6.07) is 4.51. The van der Waals surface area contributed by atoms with Gasteiger partial charge in [0, 0.05) is 12.4 Å². The quantitative estimate of drug-likeness (QED) is 0.491. The second-order valence-electron chi connectivity index (χ2n) is 8.15. The fourth-order valence-corrected chi connectivity index (χ4v) is 4.48. The molecule has 0 saturated heterocycles. The molecule has 2 atom stereocenters. The van der Waals surface area contributed by atoms with Gasteiger partial charge in [-0.15, -0.1) is 0 Å². The van der Waals surface area contributed by atoms with E-state index in [9.17, 15) is 0 Å². The van der Waals surface area contributed by atoms with Crippen molar-refractivity contribution in [1.29, 1.82) is 0 Å². The molecule has 0 amide bonds. The molecule has 1 aliphatic rings. The van der Waals surface area contributed by atoms with Crippen molar-refractivity contribution in [1.82, 2.24) is 0 Å². The molecule has 0 radical (unpaired) electrons. The Hall–Kier alpha value is -1.50. The normalized spacial score (nSPS) is 18.8. The highest BCUT2D eigenvalue weighted by molar-refractivity contribution is 5.63. The number of aryl methyl sites for hydroxylation is 3. The molecule has 1 aromatic carbocycles. The summed E-state index contributed by atoms with van der Waals surface area (Å²) < 4.78 is 0. The monoisotopic (exact) mass is 339 g/mol. The molecule has 0 N–H and O–H groups in total. The van der Waals surface area contributed by atoms with Crippen LogP contribution in [0.25, 0.3) is 0 Å². The minimum absolute atomic E-state index is 0.594. The fraction of sp³-hybridized carbons (Fsp3) is 0.583. The Morgan fingerprint density at radius 2 is 1.56 bits per heavy atom. The van der Waals surface area contributed by atoms with Crippen LogP contribution in [-0.2, 0) is 0 Å². The number of hydrogen-bond donors (Lipinski definition) is 0. The zero-order chi connectivity index (χ0) is 18.4.